The van der Waals surface area contributed by atoms with Gasteiger partial charge in [0.15, 0.2) is 5.96 Å². The fourth-order valence-electron chi connectivity index (χ4n) is 4.77. The van der Waals surface area contributed by atoms with Gasteiger partial charge >= 0.3 is 0 Å². The highest BCUT2D eigenvalue weighted by Crippen LogP contribution is 2.26. The Morgan fingerprint density at radius 3 is 2.48 bits per heavy atom. The summed E-state index contributed by atoms with van der Waals surface area (Å²) in [6, 6.07) is 16.1. The van der Waals surface area contributed by atoms with Gasteiger partial charge in [-0.05, 0) is 50.3 Å². The summed E-state index contributed by atoms with van der Waals surface area (Å²) in [7, 11) is 0. The summed E-state index contributed by atoms with van der Waals surface area (Å²) in [4.78, 5) is 7.60. The van der Waals surface area contributed by atoms with Crippen LogP contribution in [0.3, 0.4) is 0 Å². The number of halogens is 1. The van der Waals surface area contributed by atoms with E-state index in [-0.39, 0.29) is 30.0 Å². The molecule has 2 N–H and O–H groups in total. The summed E-state index contributed by atoms with van der Waals surface area (Å²) < 4.78 is 5.46. The molecule has 2 heterocycles. The molecule has 1 aliphatic heterocycles. The Morgan fingerprint density at radius 2 is 1.81 bits per heavy atom. The summed E-state index contributed by atoms with van der Waals surface area (Å²) >= 11 is 0. The van der Waals surface area contributed by atoms with Crippen molar-refractivity contribution in [3.05, 3.63) is 60.1 Å². The number of guanidine groups is 1. The van der Waals surface area contributed by atoms with Gasteiger partial charge in [0.2, 0.25) is 0 Å². The summed E-state index contributed by atoms with van der Waals surface area (Å²) in [5.74, 6) is 1.90. The van der Waals surface area contributed by atoms with Crippen LogP contribution in [-0.4, -0.2) is 42.6 Å². The van der Waals surface area contributed by atoms with Gasteiger partial charge < -0.3 is 20.0 Å². The second kappa shape index (κ2) is 12.5. The fourth-order valence-corrected chi connectivity index (χ4v) is 4.77. The molecule has 0 amide bonds. The molecule has 1 atom stereocenters. The van der Waals surface area contributed by atoms with Gasteiger partial charge in [0.1, 0.15) is 5.76 Å². The van der Waals surface area contributed by atoms with Crippen LogP contribution in [0.5, 0.6) is 0 Å². The highest BCUT2D eigenvalue weighted by Gasteiger charge is 2.27. The van der Waals surface area contributed by atoms with Crippen molar-refractivity contribution in [1.82, 2.24) is 15.5 Å². The summed E-state index contributed by atoms with van der Waals surface area (Å²) in [6.45, 7) is 5.32. The molecule has 5 nitrogen and oxygen atoms in total. The van der Waals surface area contributed by atoms with E-state index in [9.17, 15) is 0 Å². The van der Waals surface area contributed by atoms with Crippen molar-refractivity contribution < 1.29 is 4.42 Å². The molecule has 1 aliphatic carbocycles. The molecule has 1 aromatic heterocycles. The lowest BCUT2D eigenvalue weighted by atomic mass is 10.0. The van der Waals surface area contributed by atoms with Gasteiger partial charge in [-0.1, -0.05) is 43.2 Å². The lowest BCUT2D eigenvalue weighted by Crippen LogP contribution is -2.50. The van der Waals surface area contributed by atoms with Crippen molar-refractivity contribution in [2.75, 3.05) is 19.6 Å². The number of rotatable bonds is 7. The Hall–Kier alpha value is -1.54. The van der Waals surface area contributed by atoms with Crippen LogP contribution in [-0.2, 0) is 6.42 Å². The van der Waals surface area contributed by atoms with Crippen molar-refractivity contribution >= 4 is 29.9 Å². The van der Waals surface area contributed by atoms with Crippen molar-refractivity contribution in [3.8, 4) is 0 Å². The lowest BCUT2D eigenvalue weighted by Gasteiger charge is -2.37. The van der Waals surface area contributed by atoms with Crippen LogP contribution >= 0.6 is 24.0 Å². The zero-order valence-electron chi connectivity index (χ0n) is 18.6. The van der Waals surface area contributed by atoms with Crippen molar-refractivity contribution in [1.29, 1.82) is 0 Å². The minimum absolute atomic E-state index is 0. The zero-order valence-corrected chi connectivity index (χ0v) is 21.0. The third-order valence-corrected chi connectivity index (χ3v) is 6.57. The molecule has 6 heteroatoms. The fraction of sp³-hybridized carbons (Fsp3) is 0.560. The Kier molecular flexibility index (Phi) is 9.71. The highest BCUT2D eigenvalue weighted by atomic mass is 127. The van der Waals surface area contributed by atoms with Crippen LogP contribution < -0.4 is 10.6 Å². The number of aliphatic imine (C=N–C) groups is 1. The number of nitrogens with zero attached hydrogens (tertiary/aromatic N) is 2. The molecule has 1 unspecified atom stereocenters. The zero-order chi connectivity index (χ0) is 20.6. The average molecular weight is 537 g/mol. The Bertz CT molecular complexity index is 766. The SMILES string of the molecule is CC(NC(=NCCc1ccco1)NC1CCN(C2CCCC2)CC1)c1ccccc1.I. The molecule has 2 fully saturated rings. The molecule has 2 aromatic rings. The molecule has 2 aliphatic rings. The van der Waals surface area contributed by atoms with Crippen LogP contribution in [0.15, 0.2) is 58.1 Å². The first-order valence-electron chi connectivity index (χ1n) is 11.7. The number of likely N-dealkylation sites (tertiary alicyclic amines) is 1. The molecule has 4 rings (SSSR count). The minimum Gasteiger partial charge on any atom is -0.469 e. The smallest absolute Gasteiger partial charge is 0.191 e. The summed E-state index contributed by atoms with van der Waals surface area (Å²) in [6.07, 6.45) is 10.5. The largest absolute Gasteiger partial charge is 0.469 e. The number of furan rings is 1. The third-order valence-electron chi connectivity index (χ3n) is 6.57. The predicted molar refractivity (Wildman–Crippen MR) is 138 cm³/mol. The second-order valence-electron chi connectivity index (χ2n) is 8.73. The second-order valence-corrected chi connectivity index (χ2v) is 8.73. The van der Waals surface area contributed by atoms with Gasteiger partial charge in [-0.25, -0.2) is 0 Å². The van der Waals surface area contributed by atoms with Gasteiger partial charge in [-0.2, -0.15) is 0 Å². The van der Waals surface area contributed by atoms with E-state index in [4.69, 9.17) is 9.41 Å². The van der Waals surface area contributed by atoms with Gasteiger partial charge in [0.05, 0.1) is 12.3 Å². The first-order valence-corrected chi connectivity index (χ1v) is 11.7. The van der Waals surface area contributed by atoms with Gasteiger partial charge in [-0.15, -0.1) is 24.0 Å². The van der Waals surface area contributed by atoms with E-state index < -0.39 is 0 Å². The summed E-state index contributed by atoms with van der Waals surface area (Å²) in [5, 5.41) is 7.35. The maximum absolute atomic E-state index is 5.46. The Morgan fingerprint density at radius 1 is 1.06 bits per heavy atom. The Balaban J connectivity index is 0.00000272. The van der Waals surface area contributed by atoms with Gasteiger partial charge in [0.25, 0.3) is 0 Å². The highest BCUT2D eigenvalue weighted by molar-refractivity contribution is 14.0. The first-order chi connectivity index (χ1) is 14.8. The van der Waals surface area contributed by atoms with E-state index >= 15 is 0 Å². The van der Waals surface area contributed by atoms with E-state index in [0.29, 0.717) is 12.6 Å². The normalized spacial score (nSPS) is 19.7. The summed E-state index contributed by atoms with van der Waals surface area (Å²) in [5.41, 5.74) is 1.27. The van der Waals surface area contributed by atoms with Gasteiger partial charge in [0, 0.05) is 38.1 Å². The molecule has 1 saturated carbocycles. The number of nitrogens with one attached hydrogen (secondary N) is 2. The number of hydrogen-bond donors (Lipinski definition) is 2. The molecule has 0 spiro atoms. The van der Waals surface area contributed by atoms with Crippen LogP contribution in [0.1, 0.15) is 62.8 Å². The molecular weight excluding hydrogens is 499 g/mol. The van der Waals surface area contributed by atoms with Crippen molar-refractivity contribution in [2.24, 2.45) is 4.99 Å². The maximum atomic E-state index is 5.46. The topological polar surface area (TPSA) is 52.8 Å². The molecular formula is C25H37IN4O. The van der Waals surface area contributed by atoms with Crippen molar-refractivity contribution in [2.45, 2.75) is 70.0 Å². The molecule has 1 saturated heterocycles. The molecule has 31 heavy (non-hydrogen) atoms. The van der Waals surface area contributed by atoms with E-state index in [1.807, 2.05) is 12.1 Å². The van der Waals surface area contributed by atoms with Crippen LogP contribution in [0.2, 0.25) is 0 Å². The predicted octanol–water partition coefficient (Wildman–Crippen LogP) is 5.14. The monoisotopic (exact) mass is 536 g/mol. The van der Waals surface area contributed by atoms with Crippen LogP contribution in [0.25, 0.3) is 0 Å². The Labute approximate surface area is 204 Å². The maximum Gasteiger partial charge on any atom is 0.191 e. The van der Waals surface area contributed by atoms with E-state index in [1.165, 1.54) is 57.2 Å². The molecule has 0 bridgehead atoms. The molecule has 0 radical (unpaired) electrons. The average Bonchev–Trinajstić information content (AvgIpc) is 3.49. The quantitative estimate of drug-likeness (QED) is 0.292. The van der Waals surface area contributed by atoms with E-state index in [2.05, 4.69) is 52.8 Å². The molecule has 1 aromatic carbocycles. The number of hydrogen-bond acceptors (Lipinski definition) is 3. The standard InChI is InChI=1S/C25H36N4O.HI/c1-20(21-8-3-2-4-9-21)27-25(26-16-13-24-12-7-19-30-24)28-22-14-17-29(18-15-22)23-10-5-6-11-23;/h2-4,7-9,12,19-20,22-23H,5-6,10-11,13-18H2,1H3,(H2,26,27,28);1H. The van der Waals surface area contributed by atoms with Gasteiger partial charge in [-0.3, -0.25) is 4.99 Å². The third kappa shape index (κ3) is 7.24. The van der Waals surface area contributed by atoms with Crippen LogP contribution in [0.4, 0.5) is 0 Å². The van der Waals surface area contributed by atoms with Crippen molar-refractivity contribution in [3.63, 3.8) is 0 Å². The molecule has 170 valence electrons. The lowest BCUT2D eigenvalue weighted by molar-refractivity contribution is 0.150. The van der Waals surface area contributed by atoms with E-state index in [0.717, 1.165) is 24.2 Å². The number of benzene rings is 1. The number of piperidine rings is 1. The van der Waals surface area contributed by atoms with E-state index in [1.54, 1.807) is 6.26 Å². The minimum atomic E-state index is 0. The van der Waals surface area contributed by atoms with Crippen LogP contribution in [0, 0.1) is 0 Å². The first kappa shape index (κ1) is 24.1.